The van der Waals surface area contributed by atoms with Gasteiger partial charge in [0.2, 0.25) is 5.91 Å². The summed E-state index contributed by atoms with van der Waals surface area (Å²) in [4.78, 5) is 22.1. The van der Waals surface area contributed by atoms with Crippen molar-refractivity contribution in [3.63, 3.8) is 0 Å². The van der Waals surface area contributed by atoms with E-state index in [1.807, 2.05) is 17.0 Å². The zero-order chi connectivity index (χ0) is 20.1. The lowest BCUT2D eigenvalue weighted by Gasteiger charge is -2.29. The number of benzene rings is 2. The average Bonchev–Trinajstić information content (AvgIpc) is 3.18. The Bertz CT molecular complexity index is 1020. The van der Waals surface area contributed by atoms with E-state index in [9.17, 15) is 4.79 Å². The second-order valence-electron chi connectivity index (χ2n) is 7.30. The first-order chi connectivity index (χ1) is 14.2. The van der Waals surface area contributed by atoms with Gasteiger partial charge in [0.25, 0.3) is 0 Å². The topological polar surface area (TPSA) is 72.5 Å². The first kappa shape index (κ1) is 19.1. The minimum atomic E-state index is 0.0964. The number of carbonyl (C=O) groups excluding carboxylic acids is 1. The van der Waals surface area contributed by atoms with Crippen LogP contribution in [0.2, 0.25) is 0 Å². The molecule has 0 aliphatic carbocycles. The molecule has 0 unspecified atom stereocenters. The van der Waals surface area contributed by atoms with E-state index in [0.29, 0.717) is 12.5 Å². The molecule has 6 heteroatoms. The average molecular weight is 390 g/mol. The van der Waals surface area contributed by atoms with Gasteiger partial charge in [-0.1, -0.05) is 42.5 Å². The quantitative estimate of drug-likeness (QED) is 0.464. The third kappa shape index (κ3) is 4.42. The van der Waals surface area contributed by atoms with Crippen molar-refractivity contribution in [2.24, 2.45) is 4.99 Å². The van der Waals surface area contributed by atoms with Gasteiger partial charge in [-0.2, -0.15) is 0 Å². The number of guanidine groups is 1. The van der Waals surface area contributed by atoms with E-state index >= 15 is 0 Å². The Labute approximate surface area is 171 Å². The Kier molecular flexibility index (Phi) is 5.79. The van der Waals surface area contributed by atoms with E-state index in [-0.39, 0.29) is 12.5 Å². The van der Waals surface area contributed by atoms with Gasteiger partial charge >= 0.3 is 0 Å². The number of aromatic nitrogens is 1. The summed E-state index contributed by atoms with van der Waals surface area (Å²) in [6.45, 7) is 2.44. The van der Waals surface area contributed by atoms with Crippen molar-refractivity contribution in [2.75, 3.05) is 26.7 Å². The molecule has 0 fully saturated rings. The zero-order valence-corrected chi connectivity index (χ0v) is 16.7. The lowest BCUT2D eigenvalue weighted by Crippen LogP contribution is -2.46. The first-order valence-electron chi connectivity index (χ1n) is 10.1. The van der Waals surface area contributed by atoms with Crippen molar-refractivity contribution >= 4 is 22.8 Å². The molecule has 6 nitrogen and oxygen atoms in total. The molecule has 2 aromatic carbocycles. The molecule has 150 valence electrons. The van der Waals surface area contributed by atoms with Crippen molar-refractivity contribution in [1.29, 1.82) is 0 Å². The molecule has 0 spiro atoms. The number of nitrogens with one attached hydrogen (secondary N) is 3. The van der Waals surface area contributed by atoms with Gasteiger partial charge in [-0.15, -0.1) is 0 Å². The number of hydrogen-bond donors (Lipinski definition) is 3. The number of fused-ring (bicyclic) bond motifs is 2. The van der Waals surface area contributed by atoms with Crippen LogP contribution in [-0.4, -0.2) is 48.4 Å². The zero-order valence-electron chi connectivity index (χ0n) is 16.7. The lowest BCUT2D eigenvalue weighted by molar-refractivity contribution is -0.130. The number of aromatic amines is 1. The molecule has 0 atom stereocenters. The molecule has 0 bridgehead atoms. The Morgan fingerprint density at radius 3 is 2.76 bits per heavy atom. The van der Waals surface area contributed by atoms with Crippen molar-refractivity contribution < 1.29 is 4.79 Å². The molecule has 3 aromatic rings. The standard InChI is InChI=1S/C23H27N5O/c1-24-23(25-12-10-18-14-26-21-9-5-4-8-20(18)21)27-15-22(29)28-13-11-17-6-2-3-7-19(17)16-28/h2-9,14,26H,10-13,15-16H2,1H3,(H2,24,25,27). The highest BCUT2D eigenvalue weighted by Crippen LogP contribution is 2.19. The number of nitrogens with zero attached hydrogens (tertiary/aromatic N) is 2. The predicted molar refractivity (Wildman–Crippen MR) is 117 cm³/mol. The van der Waals surface area contributed by atoms with Crippen LogP contribution in [0.3, 0.4) is 0 Å². The van der Waals surface area contributed by atoms with E-state index in [0.717, 1.165) is 31.4 Å². The van der Waals surface area contributed by atoms with E-state index in [4.69, 9.17) is 0 Å². The molecular weight excluding hydrogens is 362 g/mol. The van der Waals surface area contributed by atoms with Gasteiger partial charge in [-0.25, -0.2) is 0 Å². The number of hydrogen-bond acceptors (Lipinski definition) is 2. The Morgan fingerprint density at radius 2 is 1.90 bits per heavy atom. The van der Waals surface area contributed by atoms with Crippen LogP contribution in [0.5, 0.6) is 0 Å². The lowest BCUT2D eigenvalue weighted by atomic mass is 10.00. The molecule has 0 saturated heterocycles. The van der Waals surface area contributed by atoms with Crippen molar-refractivity contribution in [3.8, 4) is 0 Å². The molecule has 3 N–H and O–H groups in total. The van der Waals surface area contributed by atoms with Crippen molar-refractivity contribution in [3.05, 3.63) is 71.4 Å². The number of aliphatic imine (C=N–C) groups is 1. The second-order valence-corrected chi connectivity index (χ2v) is 7.30. The Hall–Kier alpha value is -3.28. The molecule has 0 radical (unpaired) electrons. The molecule has 29 heavy (non-hydrogen) atoms. The molecule has 0 saturated carbocycles. The largest absolute Gasteiger partial charge is 0.361 e. The van der Waals surface area contributed by atoms with Gasteiger partial charge in [0.05, 0.1) is 6.54 Å². The third-order valence-corrected chi connectivity index (χ3v) is 5.48. The van der Waals surface area contributed by atoms with E-state index < -0.39 is 0 Å². The monoisotopic (exact) mass is 389 g/mol. The van der Waals surface area contributed by atoms with Gasteiger partial charge in [0, 0.05) is 43.8 Å². The minimum Gasteiger partial charge on any atom is -0.361 e. The van der Waals surface area contributed by atoms with Crippen molar-refractivity contribution in [2.45, 2.75) is 19.4 Å². The highest BCUT2D eigenvalue weighted by Gasteiger charge is 2.20. The number of rotatable bonds is 5. The number of carbonyl (C=O) groups is 1. The molecule has 1 aromatic heterocycles. The summed E-state index contributed by atoms with van der Waals surface area (Å²) in [5, 5.41) is 7.70. The fourth-order valence-corrected chi connectivity index (χ4v) is 3.85. The van der Waals surface area contributed by atoms with Crippen LogP contribution in [0.1, 0.15) is 16.7 Å². The number of para-hydroxylation sites is 1. The fourth-order valence-electron chi connectivity index (χ4n) is 3.85. The molecular formula is C23H27N5O. The Morgan fingerprint density at radius 1 is 1.10 bits per heavy atom. The van der Waals surface area contributed by atoms with E-state index in [1.165, 1.54) is 22.1 Å². The summed E-state index contributed by atoms with van der Waals surface area (Å²) in [5.74, 6) is 0.745. The second kappa shape index (κ2) is 8.82. The minimum absolute atomic E-state index is 0.0964. The summed E-state index contributed by atoms with van der Waals surface area (Å²) in [6.07, 6.45) is 3.85. The fraction of sp³-hybridized carbons (Fsp3) is 0.304. The maximum atomic E-state index is 12.6. The van der Waals surface area contributed by atoms with Crippen LogP contribution in [0.15, 0.2) is 59.7 Å². The van der Waals surface area contributed by atoms with E-state index in [2.05, 4.69) is 63.2 Å². The highest BCUT2D eigenvalue weighted by molar-refractivity contribution is 5.87. The summed E-state index contributed by atoms with van der Waals surface area (Å²) in [5.41, 5.74) is 5.01. The van der Waals surface area contributed by atoms with Crippen LogP contribution in [-0.2, 0) is 24.2 Å². The summed E-state index contributed by atoms with van der Waals surface area (Å²) >= 11 is 0. The normalized spacial score (nSPS) is 14.0. The number of amides is 1. The molecule has 1 aliphatic rings. The van der Waals surface area contributed by atoms with Gasteiger partial charge in [0.1, 0.15) is 0 Å². The van der Waals surface area contributed by atoms with Crippen LogP contribution in [0.4, 0.5) is 0 Å². The molecule has 2 heterocycles. The van der Waals surface area contributed by atoms with Crippen molar-refractivity contribution in [1.82, 2.24) is 20.5 Å². The van der Waals surface area contributed by atoms with Crippen LogP contribution in [0, 0.1) is 0 Å². The predicted octanol–water partition coefficient (Wildman–Crippen LogP) is 2.46. The summed E-state index contributed by atoms with van der Waals surface area (Å²) in [7, 11) is 1.72. The molecule has 1 amide bonds. The van der Waals surface area contributed by atoms with Crippen LogP contribution in [0.25, 0.3) is 10.9 Å². The maximum absolute atomic E-state index is 12.6. The van der Waals surface area contributed by atoms with Gasteiger partial charge in [-0.05, 0) is 35.6 Å². The number of H-pyrrole nitrogens is 1. The van der Waals surface area contributed by atoms with Gasteiger partial charge in [-0.3, -0.25) is 9.79 Å². The maximum Gasteiger partial charge on any atom is 0.242 e. The van der Waals surface area contributed by atoms with Gasteiger partial charge in [0.15, 0.2) is 5.96 Å². The van der Waals surface area contributed by atoms with Gasteiger partial charge < -0.3 is 20.5 Å². The Balaban J connectivity index is 1.25. The third-order valence-electron chi connectivity index (χ3n) is 5.48. The molecule has 1 aliphatic heterocycles. The summed E-state index contributed by atoms with van der Waals surface area (Å²) in [6, 6.07) is 16.6. The van der Waals surface area contributed by atoms with E-state index in [1.54, 1.807) is 7.05 Å². The SMILES string of the molecule is CN=C(NCCc1c[nH]c2ccccc12)NCC(=O)N1CCc2ccccc2C1. The first-order valence-corrected chi connectivity index (χ1v) is 10.1. The highest BCUT2D eigenvalue weighted by atomic mass is 16.2. The van der Waals surface area contributed by atoms with Crippen LogP contribution >= 0.6 is 0 Å². The summed E-state index contributed by atoms with van der Waals surface area (Å²) < 4.78 is 0. The molecule has 4 rings (SSSR count). The smallest absolute Gasteiger partial charge is 0.242 e. The van der Waals surface area contributed by atoms with Crippen LogP contribution < -0.4 is 10.6 Å².